The highest BCUT2D eigenvalue weighted by Crippen LogP contribution is 2.21. The summed E-state index contributed by atoms with van der Waals surface area (Å²) in [7, 11) is 0. The average Bonchev–Trinajstić information content (AvgIpc) is 3.33. The summed E-state index contributed by atoms with van der Waals surface area (Å²) in [6, 6.07) is 13.7. The Morgan fingerprint density at radius 2 is 2.00 bits per heavy atom. The molecule has 0 unspecified atom stereocenters. The molecule has 1 aromatic carbocycles. The minimum absolute atomic E-state index is 0.0325. The van der Waals surface area contributed by atoms with Crippen LogP contribution in [0.5, 0.6) is 0 Å². The molecule has 2 amide bonds. The van der Waals surface area contributed by atoms with Crippen LogP contribution in [0.2, 0.25) is 0 Å². The Morgan fingerprint density at radius 1 is 1.17 bits per heavy atom. The molecule has 7 nitrogen and oxygen atoms in total. The zero-order chi connectivity index (χ0) is 20.2. The number of carbonyl (C=O) groups is 2. The number of nitrogens with one attached hydrogen (secondary N) is 1. The fourth-order valence-corrected chi connectivity index (χ4v) is 3.54. The van der Waals surface area contributed by atoms with E-state index in [1.54, 1.807) is 17.3 Å². The molecule has 0 bridgehead atoms. The first-order valence-electron chi connectivity index (χ1n) is 9.69. The standard InChI is InChI=1S/C22H23N5O2/c1-16-23-10-12-27(16)20-8-7-19(14-24-20)25-22(29)18-13-21(28)26(15-18)11-9-17-5-3-2-4-6-17/h2-8,10,12,14,18H,9,11,13,15H2,1H3,(H,25,29)/t18-/m1/s1. The second kappa shape index (κ2) is 8.26. The van der Waals surface area contributed by atoms with Crippen molar-refractivity contribution in [1.82, 2.24) is 19.4 Å². The first-order chi connectivity index (χ1) is 14.1. The van der Waals surface area contributed by atoms with Crippen LogP contribution in [0.1, 0.15) is 17.8 Å². The topological polar surface area (TPSA) is 80.1 Å². The molecule has 3 heterocycles. The van der Waals surface area contributed by atoms with Crippen molar-refractivity contribution in [2.45, 2.75) is 19.8 Å². The van der Waals surface area contributed by atoms with Crippen LogP contribution in [0.15, 0.2) is 61.1 Å². The van der Waals surface area contributed by atoms with Crippen LogP contribution in [0, 0.1) is 12.8 Å². The van der Waals surface area contributed by atoms with Crippen molar-refractivity contribution < 1.29 is 9.59 Å². The molecular formula is C22H23N5O2. The molecule has 7 heteroatoms. The number of nitrogens with zero attached hydrogens (tertiary/aromatic N) is 4. The normalized spacial score (nSPS) is 16.2. The van der Waals surface area contributed by atoms with Gasteiger partial charge >= 0.3 is 0 Å². The van der Waals surface area contributed by atoms with Crippen LogP contribution in [-0.2, 0) is 16.0 Å². The summed E-state index contributed by atoms with van der Waals surface area (Å²) in [5.41, 5.74) is 1.80. The van der Waals surface area contributed by atoms with Crippen molar-refractivity contribution in [3.8, 4) is 5.82 Å². The molecule has 0 radical (unpaired) electrons. The van der Waals surface area contributed by atoms with Gasteiger partial charge in [0.25, 0.3) is 0 Å². The summed E-state index contributed by atoms with van der Waals surface area (Å²) >= 11 is 0. The number of hydrogen-bond donors (Lipinski definition) is 1. The van der Waals surface area contributed by atoms with Crippen LogP contribution in [0.3, 0.4) is 0 Å². The molecule has 0 spiro atoms. The summed E-state index contributed by atoms with van der Waals surface area (Å²) in [5.74, 6) is 1.13. The first kappa shape index (κ1) is 18.9. The molecule has 1 aliphatic heterocycles. The van der Waals surface area contributed by atoms with E-state index in [1.165, 1.54) is 5.56 Å². The fraction of sp³-hybridized carbons (Fsp3) is 0.273. The summed E-state index contributed by atoms with van der Waals surface area (Å²) in [6.07, 6.45) is 6.22. The molecule has 148 valence electrons. The van der Waals surface area contributed by atoms with Crippen molar-refractivity contribution in [3.63, 3.8) is 0 Å². The van der Waals surface area contributed by atoms with Crippen molar-refractivity contribution in [2.75, 3.05) is 18.4 Å². The van der Waals surface area contributed by atoms with Crippen molar-refractivity contribution >= 4 is 17.5 Å². The van der Waals surface area contributed by atoms with Gasteiger partial charge in [-0.3, -0.25) is 14.2 Å². The number of carbonyl (C=O) groups excluding carboxylic acids is 2. The lowest BCUT2D eigenvalue weighted by Crippen LogP contribution is -2.30. The van der Waals surface area contributed by atoms with Crippen LogP contribution < -0.4 is 5.32 Å². The van der Waals surface area contributed by atoms with Gasteiger partial charge in [-0.2, -0.15) is 0 Å². The number of hydrogen-bond acceptors (Lipinski definition) is 4. The minimum Gasteiger partial charge on any atom is -0.342 e. The number of benzene rings is 1. The van der Waals surface area contributed by atoms with E-state index < -0.39 is 0 Å². The maximum atomic E-state index is 12.6. The van der Waals surface area contributed by atoms with Crippen molar-refractivity contribution in [3.05, 3.63) is 72.4 Å². The van der Waals surface area contributed by atoms with E-state index in [9.17, 15) is 9.59 Å². The molecule has 1 N–H and O–H groups in total. The Balaban J connectivity index is 1.33. The Kier molecular flexibility index (Phi) is 5.37. The molecule has 0 saturated carbocycles. The number of pyridine rings is 1. The largest absolute Gasteiger partial charge is 0.342 e. The summed E-state index contributed by atoms with van der Waals surface area (Å²) < 4.78 is 1.87. The molecule has 1 atom stereocenters. The summed E-state index contributed by atoms with van der Waals surface area (Å²) in [4.78, 5) is 35.3. The van der Waals surface area contributed by atoms with Gasteiger partial charge in [-0.05, 0) is 31.0 Å². The smallest absolute Gasteiger partial charge is 0.229 e. The first-order valence-corrected chi connectivity index (χ1v) is 9.69. The number of rotatable bonds is 6. The predicted octanol–water partition coefficient (Wildman–Crippen LogP) is 2.61. The quantitative estimate of drug-likeness (QED) is 0.703. The lowest BCUT2D eigenvalue weighted by molar-refractivity contribution is -0.128. The Hall–Kier alpha value is -3.48. The fourth-order valence-electron chi connectivity index (χ4n) is 3.54. The van der Waals surface area contributed by atoms with Gasteiger partial charge < -0.3 is 10.2 Å². The second-order valence-electron chi connectivity index (χ2n) is 7.22. The van der Waals surface area contributed by atoms with E-state index in [0.717, 1.165) is 18.1 Å². The molecule has 29 heavy (non-hydrogen) atoms. The van der Waals surface area contributed by atoms with Gasteiger partial charge in [0.05, 0.1) is 17.8 Å². The maximum absolute atomic E-state index is 12.6. The number of likely N-dealkylation sites (tertiary alicyclic amines) is 1. The average molecular weight is 389 g/mol. The van der Waals surface area contributed by atoms with Gasteiger partial charge in [-0.15, -0.1) is 0 Å². The molecule has 3 aromatic rings. The van der Waals surface area contributed by atoms with Gasteiger partial charge in [0.1, 0.15) is 11.6 Å². The maximum Gasteiger partial charge on any atom is 0.229 e. The lowest BCUT2D eigenvalue weighted by Gasteiger charge is -2.16. The van der Waals surface area contributed by atoms with Crippen LogP contribution >= 0.6 is 0 Å². The van der Waals surface area contributed by atoms with E-state index in [4.69, 9.17) is 0 Å². The third-order valence-corrected chi connectivity index (χ3v) is 5.19. The van der Waals surface area contributed by atoms with Crippen molar-refractivity contribution in [2.24, 2.45) is 5.92 Å². The van der Waals surface area contributed by atoms with Crippen LogP contribution in [-0.4, -0.2) is 44.3 Å². The number of aryl methyl sites for hydroxylation is 1. The highest BCUT2D eigenvalue weighted by atomic mass is 16.2. The highest BCUT2D eigenvalue weighted by Gasteiger charge is 2.34. The van der Waals surface area contributed by atoms with Crippen LogP contribution in [0.25, 0.3) is 5.82 Å². The number of anilines is 1. The van der Waals surface area contributed by atoms with E-state index in [1.807, 2.05) is 60.2 Å². The summed E-state index contributed by atoms with van der Waals surface area (Å²) in [6.45, 7) is 2.99. The molecule has 1 saturated heterocycles. The van der Waals surface area contributed by atoms with E-state index in [-0.39, 0.29) is 24.2 Å². The van der Waals surface area contributed by atoms with Gasteiger partial charge in [-0.1, -0.05) is 30.3 Å². The van der Waals surface area contributed by atoms with E-state index >= 15 is 0 Å². The van der Waals surface area contributed by atoms with Crippen LogP contribution in [0.4, 0.5) is 5.69 Å². The molecule has 1 fully saturated rings. The van der Waals surface area contributed by atoms with Gasteiger partial charge in [0.2, 0.25) is 11.8 Å². The lowest BCUT2D eigenvalue weighted by atomic mass is 10.1. The number of imidazole rings is 1. The highest BCUT2D eigenvalue weighted by molar-refractivity contribution is 5.97. The van der Waals surface area contributed by atoms with E-state index in [0.29, 0.717) is 18.8 Å². The minimum atomic E-state index is -0.339. The predicted molar refractivity (Wildman–Crippen MR) is 110 cm³/mol. The molecule has 0 aliphatic carbocycles. The third-order valence-electron chi connectivity index (χ3n) is 5.19. The molecule has 4 rings (SSSR count). The number of aromatic nitrogens is 3. The second-order valence-corrected chi connectivity index (χ2v) is 7.22. The van der Waals surface area contributed by atoms with Gasteiger partial charge in [0, 0.05) is 31.9 Å². The van der Waals surface area contributed by atoms with Crippen molar-refractivity contribution in [1.29, 1.82) is 0 Å². The molecular weight excluding hydrogens is 366 g/mol. The Morgan fingerprint density at radius 3 is 2.69 bits per heavy atom. The van der Waals surface area contributed by atoms with Gasteiger partial charge in [-0.25, -0.2) is 9.97 Å². The molecule has 1 aliphatic rings. The molecule has 2 aromatic heterocycles. The Labute approximate surface area is 169 Å². The van der Waals surface area contributed by atoms with Gasteiger partial charge in [0.15, 0.2) is 0 Å². The number of amides is 2. The zero-order valence-electron chi connectivity index (χ0n) is 16.3. The SMILES string of the molecule is Cc1nccn1-c1ccc(NC(=O)[C@@H]2CC(=O)N(CCc3ccccc3)C2)cn1. The zero-order valence-corrected chi connectivity index (χ0v) is 16.3. The summed E-state index contributed by atoms with van der Waals surface area (Å²) in [5, 5.41) is 2.88. The Bertz CT molecular complexity index is 998. The van der Waals surface area contributed by atoms with E-state index in [2.05, 4.69) is 15.3 Å². The third kappa shape index (κ3) is 4.34. The monoisotopic (exact) mass is 389 g/mol.